The number of hydrogen-bond acceptors (Lipinski definition) is 4. The summed E-state index contributed by atoms with van der Waals surface area (Å²) in [6.07, 6.45) is 0. The van der Waals surface area contributed by atoms with Gasteiger partial charge < -0.3 is 10.5 Å². The zero-order chi connectivity index (χ0) is 11.6. The molecule has 0 radical (unpaired) electrons. The van der Waals surface area contributed by atoms with E-state index in [-0.39, 0.29) is 11.5 Å². The second kappa shape index (κ2) is 4.28. The van der Waals surface area contributed by atoms with Crippen molar-refractivity contribution in [3.63, 3.8) is 0 Å². The highest BCUT2D eigenvalue weighted by Gasteiger charge is 2.22. The second-order valence-electron chi connectivity index (χ2n) is 4.73. The lowest BCUT2D eigenvalue weighted by molar-refractivity contribution is 0.177. The summed E-state index contributed by atoms with van der Waals surface area (Å²) in [5, 5.41) is 4.36. The average Bonchev–Trinajstić information content (AvgIpc) is 2.47. The molecule has 86 valence electrons. The molecular weight excluding hydrogens is 192 g/mol. The molecule has 0 spiro atoms. The molecule has 5 heteroatoms. The molecule has 0 fully saturated rings. The molecule has 1 heterocycles. The molecule has 1 rings (SSSR count). The number of hydrogen-bond donors (Lipinski definition) is 1. The lowest BCUT2D eigenvalue weighted by Gasteiger charge is -2.12. The number of methoxy groups -OCH3 is 1. The predicted octanol–water partition coefficient (Wildman–Crippen LogP) is 0.759. The lowest BCUT2D eigenvalue weighted by Crippen LogP contribution is -2.20. The Bertz CT molecular complexity index is 327. The first-order chi connectivity index (χ1) is 6.86. The van der Waals surface area contributed by atoms with E-state index in [9.17, 15) is 0 Å². The summed E-state index contributed by atoms with van der Waals surface area (Å²) in [4.78, 5) is 4.45. The predicted molar refractivity (Wildman–Crippen MR) is 58.5 cm³/mol. The van der Waals surface area contributed by atoms with Gasteiger partial charge >= 0.3 is 0 Å². The van der Waals surface area contributed by atoms with E-state index in [1.807, 2.05) is 7.05 Å². The van der Waals surface area contributed by atoms with Crippen LogP contribution in [0.3, 0.4) is 0 Å². The molecule has 1 unspecified atom stereocenters. The molecule has 0 aliphatic carbocycles. The van der Waals surface area contributed by atoms with Crippen LogP contribution in [0.1, 0.15) is 38.5 Å². The molecule has 0 bridgehead atoms. The smallest absolute Gasteiger partial charge is 0.156 e. The van der Waals surface area contributed by atoms with Crippen LogP contribution in [0.5, 0.6) is 0 Å². The van der Waals surface area contributed by atoms with E-state index in [2.05, 4.69) is 30.9 Å². The minimum absolute atomic E-state index is 0.0528. The van der Waals surface area contributed by atoms with E-state index in [1.54, 1.807) is 11.8 Å². The van der Waals surface area contributed by atoms with Gasteiger partial charge in [0.2, 0.25) is 0 Å². The van der Waals surface area contributed by atoms with Crippen LogP contribution in [0.15, 0.2) is 0 Å². The van der Waals surface area contributed by atoms with Crippen LogP contribution < -0.4 is 5.73 Å². The topological polar surface area (TPSA) is 66.0 Å². The highest BCUT2D eigenvalue weighted by atomic mass is 16.5. The van der Waals surface area contributed by atoms with Gasteiger partial charge in [0.05, 0.1) is 12.6 Å². The van der Waals surface area contributed by atoms with E-state index in [0.717, 1.165) is 11.6 Å². The largest absolute Gasteiger partial charge is 0.383 e. The van der Waals surface area contributed by atoms with E-state index >= 15 is 0 Å². The minimum atomic E-state index is -0.219. The third-order valence-electron chi connectivity index (χ3n) is 2.15. The molecule has 2 N–H and O–H groups in total. The fourth-order valence-electron chi connectivity index (χ4n) is 1.29. The molecule has 5 nitrogen and oxygen atoms in total. The van der Waals surface area contributed by atoms with Crippen molar-refractivity contribution in [3.05, 3.63) is 11.6 Å². The molecule has 0 saturated heterocycles. The Morgan fingerprint density at radius 2 is 2.07 bits per heavy atom. The van der Waals surface area contributed by atoms with Gasteiger partial charge in [0.25, 0.3) is 0 Å². The van der Waals surface area contributed by atoms with Crippen molar-refractivity contribution in [1.82, 2.24) is 14.8 Å². The summed E-state index contributed by atoms with van der Waals surface area (Å²) >= 11 is 0. The Morgan fingerprint density at radius 3 is 2.47 bits per heavy atom. The minimum Gasteiger partial charge on any atom is -0.383 e. The quantitative estimate of drug-likeness (QED) is 0.803. The van der Waals surface area contributed by atoms with Crippen LogP contribution in [0.2, 0.25) is 0 Å². The van der Waals surface area contributed by atoms with Crippen molar-refractivity contribution in [2.24, 2.45) is 12.8 Å². The van der Waals surface area contributed by atoms with Crippen LogP contribution in [0, 0.1) is 0 Å². The maximum absolute atomic E-state index is 5.91. The zero-order valence-electron chi connectivity index (χ0n) is 10.1. The molecule has 0 aliphatic rings. The number of ether oxygens (including phenoxy) is 1. The Hall–Kier alpha value is -0.940. The third-order valence-corrected chi connectivity index (χ3v) is 2.15. The van der Waals surface area contributed by atoms with Gasteiger partial charge in [-0.2, -0.15) is 5.10 Å². The molecule has 0 aromatic carbocycles. The standard InChI is InChI=1S/C10H20N4O/c1-10(2,3)9-12-8(14(4)13-9)7(11)6-15-5/h7H,6,11H2,1-5H3. The first-order valence-electron chi connectivity index (χ1n) is 5.02. The summed E-state index contributed by atoms with van der Waals surface area (Å²) in [6, 6.07) is -0.219. The number of nitrogens with zero attached hydrogens (tertiary/aromatic N) is 3. The van der Waals surface area contributed by atoms with Gasteiger partial charge in [-0.05, 0) is 0 Å². The van der Waals surface area contributed by atoms with Crippen molar-refractivity contribution in [3.8, 4) is 0 Å². The second-order valence-corrected chi connectivity index (χ2v) is 4.73. The monoisotopic (exact) mass is 212 g/mol. The van der Waals surface area contributed by atoms with Gasteiger partial charge in [0, 0.05) is 19.6 Å². The van der Waals surface area contributed by atoms with Crippen LogP contribution in [-0.4, -0.2) is 28.5 Å². The van der Waals surface area contributed by atoms with E-state index in [4.69, 9.17) is 10.5 Å². The number of aryl methyl sites for hydroxylation is 1. The summed E-state index contributed by atoms with van der Waals surface area (Å²) in [5.74, 6) is 1.58. The van der Waals surface area contributed by atoms with Gasteiger partial charge in [0.15, 0.2) is 5.82 Å². The fraction of sp³-hybridized carbons (Fsp3) is 0.800. The molecule has 0 amide bonds. The summed E-state index contributed by atoms with van der Waals surface area (Å²) in [6.45, 7) is 6.69. The third kappa shape index (κ3) is 2.76. The molecule has 0 aliphatic heterocycles. The van der Waals surface area contributed by atoms with Crippen molar-refractivity contribution in [2.75, 3.05) is 13.7 Å². The van der Waals surface area contributed by atoms with E-state index in [1.165, 1.54) is 0 Å². The number of nitrogens with two attached hydrogens (primary N) is 1. The van der Waals surface area contributed by atoms with Crippen molar-refractivity contribution in [2.45, 2.75) is 32.2 Å². The molecular formula is C10H20N4O. The van der Waals surface area contributed by atoms with Crippen molar-refractivity contribution >= 4 is 0 Å². The van der Waals surface area contributed by atoms with Gasteiger partial charge in [-0.25, -0.2) is 4.98 Å². The van der Waals surface area contributed by atoms with Gasteiger partial charge in [-0.1, -0.05) is 20.8 Å². The van der Waals surface area contributed by atoms with Gasteiger partial charge in [-0.15, -0.1) is 0 Å². The zero-order valence-corrected chi connectivity index (χ0v) is 10.1. The summed E-state index contributed by atoms with van der Waals surface area (Å²) in [5.41, 5.74) is 5.86. The molecule has 1 aromatic rings. The lowest BCUT2D eigenvalue weighted by atomic mass is 9.96. The van der Waals surface area contributed by atoms with Crippen LogP contribution in [0.25, 0.3) is 0 Å². The van der Waals surface area contributed by atoms with E-state index in [0.29, 0.717) is 6.61 Å². The summed E-state index contributed by atoms with van der Waals surface area (Å²) < 4.78 is 6.73. The van der Waals surface area contributed by atoms with Gasteiger partial charge in [-0.3, -0.25) is 4.68 Å². The molecule has 1 aromatic heterocycles. The molecule has 1 atom stereocenters. The maximum atomic E-state index is 5.91. The normalized spacial score (nSPS) is 14.3. The highest BCUT2D eigenvalue weighted by molar-refractivity contribution is 5.05. The molecule has 15 heavy (non-hydrogen) atoms. The fourth-order valence-corrected chi connectivity index (χ4v) is 1.29. The summed E-state index contributed by atoms with van der Waals surface area (Å²) in [7, 11) is 3.48. The van der Waals surface area contributed by atoms with Crippen LogP contribution in [0.4, 0.5) is 0 Å². The number of aromatic nitrogens is 3. The first kappa shape index (κ1) is 12.1. The highest BCUT2D eigenvalue weighted by Crippen LogP contribution is 2.19. The van der Waals surface area contributed by atoms with Crippen LogP contribution >= 0.6 is 0 Å². The van der Waals surface area contributed by atoms with Crippen LogP contribution in [-0.2, 0) is 17.2 Å². The van der Waals surface area contributed by atoms with Gasteiger partial charge in [0.1, 0.15) is 5.82 Å². The van der Waals surface area contributed by atoms with Crippen molar-refractivity contribution in [1.29, 1.82) is 0 Å². The SMILES string of the molecule is COCC(N)c1nc(C(C)(C)C)nn1C. The Kier molecular flexibility index (Phi) is 3.46. The molecule has 0 saturated carbocycles. The average molecular weight is 212 g/mol. The first-order valence-corrected chi connectivity index (χ1v) is 5.02. The van der Waals surface area contributed by atoms with E-state index < -0.39 is 0 Å². The number of rotatable bonds is 3. The van der Waals surface area contributed by atoms with Crippen molar-refractivity contribution < 1.29 is 4.74 Å². The Labute approximate surface area is 90.6 Å². The Morgan fingerprint density at radius 1 is 1.47 bits per heavy atom. The maximum Gasteiger partial charge on any atom is 0.156 e. The Balaban J connectivity index is 2.96.